The van der Waals surface area contributed by atoms with Gasteiger partial charge in [-0.3, -0.25) is 14.8 Å². The number of rotatable bonds is 8. The Hall–Kier alpha value is -1.48. The van der Waals surface area contributed by atoms with Crippen molar-refractivity contribution in [2.24, 2.45) is 0 Å². The lowest BCUT2D eigenvalue weighted by atomic mass is 9.93. The third kappa shape index (κ3) is 5.11. The van der Waals surface area contributed by atoms with Crippen LogP contribution in [0.3, 0.4) is 0 Å². The molecule has 28 heavy (non-hydrogen) atoms. The number of hydrogen-bond acceptors (Lipinski definition) is 5. The molecule has 1 aromatic rings. The Morgan fingerprint density at radius 3 is 2.50 bits per heavy atom. The van der Waals surface area contributed by atoms with Crippen molar-refractivity contribution in [2.75, 3.05) is 13.2 Å². The largest absolute Gasteiger partial charge is 0.472 e. The van der Waals surface area contributed by atoms with E-state index in [0.717, 1.165) is 12.8 Å². The molecule has 1 fully saturated rings. The average Bonchev–Trinajstić information content (AvgIpc) is 2.90. The molecule has 1 unspecified atom stereocenters. The molecule has 0 bridgehead atoms. The zero-order valence-corrected chi connectivity index (χ0v) is 19.0. The van der Waals surface area contributed by atoms with Crippen molar-refractivity contribution >= 4 is 14.0 Å². The van der Waals surface area contributed by atoms with E-state index in [2.05, 4.69) is 39.0 Å². The SMILES string of the molecule is Cc1c([N+](=O)[O-])c(OCCCO[Si](C)(C)C(C)(C)C)nn1C1CCCC[C@@H]1F. The van der Waals surface area contributed by atoms with Crippen LogP contribution in [0.5, 0.6) is 5.88 Å². The Morgan fingerprint density at radius 1 is 1.29 bits per heavy atom. The normalized spacial score (nSPS) is 21.0. The zero-order valence-electron chi connectivity index (χ0n) is 18.0. The minimum absolute atomic E-state index is 0.0207. The molecule has 0 aliphatic heterocycles. The van der Waals surface area contributed by atoms with Gasteiger partial charge in [-0.05, 0) is 37.9 Å². The van der Waals surface area contributed by atoms with E-state index in [1.807, 2.05) is 0 Å². The molecular weight excluding hydrogens is 381 g/mol. The maximum Gasteiger partial charge on any atom is 0.352 e. The highest BCUT2D eigenvalue weighted by atomic mass is 28.4. The van der Waals surface area contributed by atoms with Gasteiger partial charge in [-0.2, -0.15) is 0 Å². The van der Waals surface area contributed by atoms with Crippen molar-refractivity contribution in [3.8, 4) is 5.88 Å². The van der Waals surface area contributed by atoms with Gasteiger partial charge < -0.3 is 9.16 Å². The number of ether oxygens (including phenoxy) is 1. The molecule has 9 heteroatoms. The van der Waals surface area contributed by atoms with Crippen LogP contribution in [0.25, 0.3) is 0 Å². The lowest BCUT2D eigenvalue weighted by molar-refractivity contribution is -0.386. The minimum Gasteiger partial charge on any atom is -0.472 e. The van der Waals surface area contributed by atoms with Gasteiger partial charge in [-0.25, -0.2) is 4.39 Å². The maximum absolute atomic E-state index is 14.3. The number of nitro groups is 1. The second-order valence-corrected chi connectivity index (χ2v) is 13.9. The summed E-state index contributed by atoms with van der Waals surface area (Å²) in [5, 5.41) is 15.9. The number of nitrogens with zero attached hydrogens (tertiary/aromatic N) is 3. The molecule has 2 rings (SSSR count). The molecule has 0 aromatic carbocycles. The van der Waals surface area contributed by atoms with Crippen LogP contribution in [0, 0.1) is 17.0 Å². The van der Waals surface area contributed by atoms with Crippen LogP contribution < -0.4 is 4.74 Å². The van der Waals surface area contributed by atoms with Gasteiger partial charge in [0, 0.05) is 13.0 Å². The molecule has 0 radical (unpaired) electrons. The Labute approximate surface area is 167 Å². The average molecular weight is 416 g/mol. The highest BCUT2D eigenvalue weighted by Gasteiger charge is 2.37. The summed E-state index contributed by atoms with van der Waals surface area (Å²) in [4.78, 5) is 11.0. The topological polar surface area (TPSA) is 79.4 Å². The Morgan fingerprint density at radius 2 is 1.93 bits per heavy atom. The molecule has 1 saturated carbocycles. The van der Waals surface area contributed by atoms with Gasteiger partial charge >= 0.3 is 11.6 Å². The Bertz CT molecular complexity index is 687. The van der Waals surface area contributed by atoms with Crippen molar-refractivity contribution in [1.82, 2.24) is 9.78 Å². The predicted molar refractivity (Wildman–Crippen MR) is 109 cm³/mol. The third-order valence-electron chi connectivity index (χ3n) is 6.03. The summed E-state index contributed by atoms with van der Waals surface area (Å²) in [5.74, 6) is -0.0207. The van der Waals surface area contributed by atoms with Crippen LogP contribution >= 0.6 is 0 Å². The van der Waals surface area contributed by atoms with Gasteiger partial charge in [-0.1, -0.05) is 33.6 Å². The van der Waals surface area contributed by atoms with Gasteiger partial charge in [0.2, 0.25) is 0 Å². The van der Waals surface area contributed by atoms with Gasteiger partial charge in [0.1, 0.15) is 11.9 Å². The molecule has 0 amide bonds. The summed E-state index contributed by atoms with van der Waals surface area (Å²) in [6.45, 7) is 13.3. The lowest BCUT2D eigenvalue weighted by Crippen LogP contribution is -2.41. The van der Waals surface area contributed by atoms with Crippen molar-refractivity contribution in [3.63, 3.8) is 0 Å². The number of aromatic nitrogens is 2. The van der Waals surface area contributed by atoms with Crippen LogP contribution in [0.1, 0.15) is 64.6 Å². The van der Waals surface area contributed by atoms with Crippen LogP contribution in [-0.4, -0.2) is 42.4 Å². The zero-order chi connectivity index (χ0) is 21.1. The highest BCUT2D eigenvalue weighted by molar-refractivity contribution is 6.74. The Kier molecular flexibility index (Phi) is 7.25. The highest BCUT2D eigenvalue weighted by Crippen LogP contribution is 2.38. The monoisotopic (exact) mass is 415 g/mol. The molecule has 2 atom stereocenters. The molecule has 1 aliphatic carbocycles. The summed E-state index contributed by atoms with van der Waals surface area (Å²) >= 11 is 0. The molecule has 7 nitrogen and oxygen atoms in total. The van der Waals surface area contributed by atoms with Crippen LogP contribution in [0.2, 0.25) is 18.1 Å². The molecule has 1 aromatic heterocycles. The van der Waals surface area contributed by atoms with Crippen molar-refractivity contribution < 1.29 is 18.5 Å². The van der Waals surface area contributed by atoms with E-state index in [1.54, 1.807) is 6.92 Å². The van der Waals surface area contributed by atoms with Crippen molar-refractivity contribution in [1.29, 1.82) is 0 Å². The van der Waals surface area contributed by atoms with Gasteiger partial charge in [-0.15, -0.1) is 5.10 Å². The molecule has 0 N–H and O–H groups in total. The van der Waals surface area contributed by atoms with E-state index >= 15 is 0 Å². The fraction of sp³-hybridized carbons (Fsp3) is 0.842. The molecule has 1 aliphatic rings. The maximum atomic E-state index is 14.3. The first-order valence-corrected chi connectivity index (χ1v) is 13.0. The van der Waals surface area contributed by atoms with Gasteiger partial charge in [0.25, 0.3) is 0 Å². The summed E-state index contributed by atoms with van der Waals surface area (Å²) < 4.78 is 27.5. The molecule has 160 valence electrons. The second kappa shape index (κ2) is 8.90. The van der Waals surface area contributed by atoms with E-state index in [1.165, 1.54) is 4.68 Å². The lowest BCUT2D eigenvalue weighted by Gasteiger charge is -2.36. The fourth-order valence-electron chi connectivity index (χ4n) is 3.23. The quantitative estimate of drug-likeness (QED) is 0.248. The summed E-state index contributed by atoms with van der Waals surface area (Å²) in [6, 6.07) is -0.452. The first-order valence-electron chi connectivity index (χ1n) is 10.1. The molecule has 0 saturated heterocycles. The van der Waals surface area contributed by atoms with Gasteiger partial charge in [0.05, 0.1) is 17.6 Å². The van der Waals surface area contributed by atoms with E-state index in [4.69, 9.17) is 9.16 Å². The summed E-state index contributed by atoms with van der Waals surface area (Å²) in [7, 11) is -1.82. The van der Waals surface area contributed by atoms with Crippen molar-refractivity contribution in [2.45, 2.75) is 90.1 Å². The fourth-order valence-corrected chi connectivity index (χ4v) is 4.31. The number of alkyl halides is 1. The minimum atomic E-state index is -1.82. The first kappa shape index (κ1) is 22.8. The van der Waals surface area contributed by atoms with E-state index in [9.17, 15) is 14.5 Å². The van der Waals surface area contributed by atoms with Crippen molar-refractivity contribution in [3.05, 3.63) is 15.8 Å². The van der Waals surface area contributed by atoms with Gasteiger partial charge in [0.15, 0.2) is 8.32 Å². The molecular formula is C19H34FN3O4Si. The van der Waals surface area contributed by atoms with Crippen LogP contribution in [0.4, 0.5) is 10.1 Å². The molecule has 1 heterocycles. The summed E-state index contributed by atoms with van der Waals surface area (Å²) in [5.41, 5.74) is 0.190. The number of hydrogen-bond donors (Lipinski definition) is 0. The first-order chi connectivity index (χ1) is 13.0. The predicted octanol–water partition coefficient (Wildman–Crippen LogP) is 5.34. The third-order valence-corrected chi connectivity index (χ3v) is 10.6. The van der Waals surface area contributed by atoms with E-state index in [-0.39, 0.29) is 23.2 Å². The van der Waals surface area contributed by atoms with E-state index in [0.29, 0.717) is 31.6 Å². The Balaban J connectivity index is 2.01. The summed E-state index contributed by atoms with van der Waals surface area (Å²) in [6.07, 6.45) is 2.44. The standard InChI is InChI=1S/C19H34FN3O4Si/c1-14-17(23(24)25)18(21-22(14)16-11-8-7-10-15(16)20)26-12-9-13-27-28(5,6)19(2,3)4/h15-16H,7-13H2,1-6H3/t15-,16?/m0/s1. The second-order valence-electron chi connectivity index (χ2n) is 9.12. The molecule has 0 spiro atoms. The smallest absolute Gasteiger partial charge is 0.352 e. The van der Waals surface area contributed by atoms with Crippen LogP contribution in [-0.2, 0) is 4.43 Å². The van der Waals surface area contributed by atoms with Crippen LogP contribution in [0.15, 0.2) is 0 Å². The van der Waals surface area contributed by atoms with E-state index < -0.39 is 25.5 Å². The number of halogens is 1.